The Balaban J connectivity index is 2.14. The Bertz CT molecular complexity index is 816. The summed E-state index contributed by atoms with van der Waals surface area (Å²) < 4.78 is 1.45. The summed E-state index contributed by atoms with van der Waals surface area (Å²) in [5, 5.41) is 6.38. The predicted molar refractivity (Wildman–Crippen MR) is 79.2 cm³/mol. The van der Waals surface area contributed by atoms with E-state index < -0.39 is 0 Å². The van der Waals surface area contributed by atoms with Crippen molar-refractivity contribution in [2.45, 2.75) is 13.8 Å². The fourth-order valence-electron chi connectivity index (χ4n) is 1.84. The van der Waals surface area contributed by atoms with Crippen LogP contribution in [0.3, 0.4) is 0 Å². The summed E-state index contributed by atoms with van der Waals surface area (Å²) in [5.74, 6) is 0.762. The minimum absolute atomic E-state index is 0.180. The Labute approximate surface area is 118 Å². The van der Waals surface area contributed by atoms with Gasteiger partial charge in [0.1, 0.15) is 11.5 Å². The van der Waals surface area contributed by atoms with Gasteiger partial charge in [-0.15, -0.1) is 11.3 Å². The zero-order valence-electron chi connectivity index (χ0n) is 11.0. The molecular formula is C13H13N5OS. The number of anilines is 1. The van der Waals surface area contributed by atoms with Crippen molar-refractivity contribution in [2.24, 2.45) is 0 Å². The molecule has 0 bridgehead atoms. The van der Waals surface area contributed by atoms with E-state index in [9.17, 15) is 4.79 Å². The monoisotopic (exact) mass is 287 g/mol. The molecule has 20 heavy (non-hydrogen) atoms. The van der Waals surface area contributed by atoms with Crippen LogP contribution in [0.4, 0.5) is 5.82 Å². The molecule has 0 saturated heterocycles. The Morgan fingerprint density at radius 3 is 2.85 bits per heavy atom. The van der Waals surface area contributed by atoms with Crippen LogP contribution < -0.4 is 11.3 Å². The van der Waals surface area contributed by atoms with Crippen molar-refractivity contribution in [1.82, 2.24) is 19.7 Å². The second-order valence-corrected chi connectivity index (χ2v) is 5.39. The molecule has 0 aromatic carbocycles. The largest absolute Gasteiger partial charge is 0.383 e. The van der Waals surface area contributed by atoms with Gasteiger partial charge < -0.3 is 5.73 Å². The number of aryl methyl sites for hydroxylation is 1. The summed E-state index contributed by atoms with van der Waals surface area (Å²) in [4.78, 5) is 19.8. The lowest BCUT2D eigenvalue weighted by Gasteiger charge is -2.05. The maximum atomic E-state index is 11.8. The van der Waals surface area contributed by atoms with Gasteiger partial charge in [-0.25, -0.2) is 4.98 Å². The minimum atomic E-state index is -0.180. The molecule has 3 aromatic heterocycles. The van der Waals surface area contributed by atoms with Crippen molar-refractivity contribution in [2.75, 3.05) is 5.73 Å². The molecule has 7 heteroatoms. The topological polar surface area (TPSA) is 89.6 Å². The Morgan fingerprint density at radius 2 is 2.20 bits per heavy atom. The lowest BCUT2D eigenvalue weighted by molar-refractivity contribution is 0.800. The summed E-state index contributed by atoms with van der Waals surface area (Å²) in [6.45, 7) is 3.52. The van der Waals surface area contributed by atoms with Crippen LogP contribution in [-0.4, -0.2) is 19.7 Å². The van der Waals surface area contributed by atoms with Crippen LogP contribution in [0.2, 0.25) is 0 Å². The number of hydrogen-bond donors (Lipinski definition) is 2. The molecule has 0 saturated carbocycles. The molecule has 3 heterocycles. The summed E-state index contributed by atoms with van der Waals surface area (Å²) >= 11 is 1.58. The van der Waals surface area contributed by atoms with Gasteiger partial charge in [0, 0.05) is 17.3 Å². The van der Waals surface area contributed by atoms with Crippen molar-refractivity contribution < 1.29 is 0 Å². The lowest BCUT2D eigenvalue weighted by atomic mass is 10.3. The molecule has 0 unspecified atom stereocenters. The first kappa shape index (κ1) is 12.6. The van der Waals surface area contributed by atoms with Crippen molar-refractivity contribution >= 4 is 17.2 Å². The lowest BCUT2D eigenvalue weighted by Crippen LogP contribution is -2.18. The first-order valence-electron chi connectivity index (χ1n) is 6.03. The molecule has 102 valence electrons. The van der Waals surface area contributed by atoms with Crippen LogP contribution in [0.1, 0.15) is 11.3 Å². The number of aromatic nitrogens is 4. The molecular weight excluding hydrogens is 274 g/mol. The van der Waals surface area contributed by atoms with E-state index in [-0.39, 0.29) is 5.56 Å². The van der Waals surface area contributed by atoms with Gasteiger partial charge in [0.25, 0.3) is 5.56 Å². The molecule has 0 atom stereocenters. The van der Waals surface area contributed by atoms with E-state index in [0.717, 1.165) is 10.6 Å². The van der Waals surface area contributed by atoms with Crippen LogP contribution in [0.5, 0.6) is 0 Å². The normalized spacial score (nSPS) is 10.9. The number of H-pyrrole nitrogens is 1. The summed E-state index contributed by atoms with van der Waals surface area (Å²) in [6.07, 6.45) is 0. The first-order valence-corrected chi connectivity index (χ1v) is 6.91. The highest BCUT2D eigenvalue weighted by atomic mass is 32.1. The van der Waals surface area contributed by atoms with Crippen molar-refractivity contribution in [3.63, 3.8) is 0 Å². The minimum Gasteiger partial charge on any atom is -0.383 e. The Kier molecular flexibility index (Phi) is 2.90. The molecule has 0 fully saturated rings. The van der Waals surface area contributed by atoms with Crippen LogP contribution in [0.15, 0.2) is 28.4 Å². The molecule has 6 nitrogen and oxygen atoms in total. The van der Waals surface area contributed by atoms with Gasteiger partial charge in [0.2, 0.25) is 5.95 Å². The molecule has 0 aliphatic heterocycles. The average Bonchev–Trinajstić information content (AvgIpc) is 3.04. The van der Waals surface area contributed by atoms with E-state index in [4.69, 9.17) is 5.73 Å². The maximum absolute atomic E-state index is 11.8. The van der Waals surface area contributed by atoms with E-state index in [0.29, 0.717) is 23.0 Å². The Hall–Kier alpha value is -2.41. The van der Waals surface area contributed by atoms with Gasteiger partial charge in [-0.05, 0) is 25.3 Å². The zero-order chi connectivity index (χ0) is 14.3. The predicted octanol–water partition coefficient (Wildman–Crippen LogP) is 1.88. The maximum Gasteiger partial charge on any atom is 0.255 e. The fourth-order valence-corrected chi connectivity index (χ4v) is 2.52. The van der Waals surface area contributed by atoms with Crippen LogP contribution >= 0.6 is 11.3 Å². The van der Waals surface area contributed by atoms with Gasteiger partial charge in [-0.2, -0.15) is 9.78 Å². The molecule has 3 rings (SSSR count). The Morgan fingerprint density at radius 1 is 1.40 bits per heavy atom. The number of hydrogen-bond acceptors (Lipinski definition) is 5. The molecule has 3 N–H and O–H groups in total. The van der Waals surface area contributed by atoms with Gasteiger partial charge in [-0.1, -0.05) is 6.07 Å². The second-order valence-electron chi connectivity index (χ2n) is 4.44. The number of thiophene rings is 1. The third kappa shape index (κ3) is 2.01. The number of rotatable bonds is 2. The van der Waals surface area contributed by atoms with E-state index in [1.165, 1.54) is 4.68 Å². The summed E-state index contributed by atoms with van der Waals surface area (Å²) in [5.41, 5.74) is 7.80. The van der Waals surface area contributed by atoms with Crippen molar-refractivity contribution in [3.05, 3.63) is 45.2 Å². The number of nitrogen functional groups attached to an aromatic ring is 1. The highest BCUT2D eigenvalue weighted by Crippen LogP contribution is 2.25. The summed E-state index contributed by atoms with van der Waals surface area (Å²) in [7, 11) is 0. The highest BCUT2D eigenvalue weighted by Gasteiger charge is 2.12. The smallest absolute Gasteiger partial charge is 0.255 e. The van der Waals surface area contributed by atoms with E-state index in [1.54, 1.807) is 31.3 Å². The van der Waals surface area contributed by atoms with Gasteiger partial charge >= 0.3 is 0 Å². The zero-order valence-corrected chi connectivity index (χ0v) is 11.9. The average molecular weight is 287 g/mol. The molecule has 0 spiro atoms. The van der Waals surface area contributed by atoms with Crippen LogP contribution in [0.25, 0.3) is 16.5 Å². The number of nitrogens with zero attached hydrogens (tertiary/aromatic N) is 3. The van der Waals surface area contributed by atoms with E-state index >= 15 is 0 Å². The first-order chi connectivity index (χ1) is 9.56. The molecule has 0 aliphatic rings. The molecule has 0 aliphatic carbocycles. The number of aromatic amines is 1. The molecule has 3 aromatic rings. The van der Waals surface area contributed by atoms with Crippen LogP contribution in [0, 0.1) is 13.8 Å². The fraction of sp³-hybridized carbons (Fsp3) is 0.154. The number of nitrogens with one attached hydrogen (secondary N) is 1. The third-order valence-electron chi connectivity index (χ3n) is 3.09. The number of nitrogens with two attached hydrogens (primary N) is 1. The standard InChI is InChI=1S/C13H13N5OS/c1-7-8(2)15-13(16-12(7)19)18-11(14)6-9(17-18)10-4-3-5-20-10/h3-6H,14H2,1-2H3,(H,15,16,19). The SMILES string of the molecule is Cc1nc(-n2nc(-c3cccs3)cc2N)[nH]c(=O)c1C. The third-order valence-corrected chi connectivity index (χ3v) is 3.99. The molecule has 0 amide bonds. The quantitative estimate of drug-likeness (QED) is 0.753. The highest BCUT2D eigenvalue weighted by molar-refractivity contribution is 7.13. The van der Waals surface area contributed by atoms with Crippen LogP contribution in [-0.2, 0) is 0 Å². The van der Waals surface area contributed by atoms with Gasteiger partial charge in [0.15, 0.2) is 0 Å². The second kappa shape index (κ2) is 4.61. The van der Waals surface area contributed by atoms with Crippen molar-refractivity contribution in [3.8, 4) is 16.5 Å². The van der Waals surface area contributed by atoms with Gasteiger partial charge in [-0.3, -0.25) is 9.78 Å². The van der Waals surface area contributed by atoms with E-state index in [1.807, 2.05) is 17.5 Å². The van der Waals surface area contributed by atoms with Crippen molar-refractivity contribution in [1.29, 1.82) is 0 Å². The van der Waals surface area contributed by atoms with Gasteiger partial charge in [0.05, 0.1) is 4.88 Å². The summed E-state index contributed by atoms with van der Waals surface area (Å²) in [6, 6.07) is 5.68. The molecule has 0 radical (unpaired) electrons. The van der Waals surface area contributed by atoms with E-state index in [2.05, 4.69) is 15.1 Å².